The summed E-state index contributed by atoms with van der Waals surface area (Å²) in [4.78, 5) is 2.59. The van der Waals surface area contributed by atoms with Gasteiger partial charge in [-0.1, -0.05) is 32.0 Å². The van der Waals surface area contributed by atoms with E-state index in [0.29, 0.717) is 5.92 Å². The van der Waals surface area contributed by atoms with Crippen molar-refractivity contribution in [3.63, 3.8) is 0 Å². The molecule has 0 amide bonds. The molecule has 2 heteroatoms. The summed E-state index contributed by atoms with van der Waals surface area (Å²) in [6.45, 7) is 9.21. The van der Waals surface area contributed by atoms with Crippen LogP contribution in [0.25, 0.3) is 0 Å². The van der Waals surface area contributed by atoms with Gasteiger partial charge < -0.3 is 9.64 Å². The normalized spacial score (nSPS) is 15.9. The molecule has 20 heavy (non-hydrogen) atoms. The summed E-state index contributed by atoms with van der Waals surface area (Å²) in [6, 6.07) is 8.43. The Hall–Kier alpha value is -1.02. The van der Waals surface area contributed by atoms with Gasteiger partial charge in [0.05, 0.1) is 6.61 Å². The molecule has 1 aromatic rings. The molecule has 1 aromatic carbocycles. The highest BCUT2D eigenvalue weighted by Gasteiger charge is 2.10. The fraction of sp³-hybridized carbons (Fsp3) is 0.667. The van der Waals surface area contributed by atoms with Crippen LogP contribution < -0.4 is 4.74 Å². The van der Waals surface area contributed by atoms with Gasteiger partial charge in [-0.05, 0) is 69.3 Å². The number of hydrogen-bond donors (Lipinski definition) is 0. The van der Waals surface area contributed by atoms with Crippen molar-refractivity contribution in [2.24, 2.45) is 0 Å². The summed E-state index contributed by atoms with van der Waals surface area (Å²) >= 11 is 0. The number of para-hydroxylation sites is 1. The van der Waals surface area contributed by atoms with E-state index in [1.54, 1.807) is 0 Å². The van der Waals surface area contributed by atoms with Gasteiger partial charge in [-0.15, -0.1) is 0 Å². The fourth-order valence-electron chi connectivity index (χ4n) is 2.89. The maximum Gasteiger partial charge on any atom is 0.122 e. The lowest BCUT2D eigenvalue weighted by Gasteiger charge is -2.15. The van der Waals surface area contributed by atoms with Gasteiger partial charge >= 0.3 is 0 Å². The molecule has 0 bridgehead atoms. The van der Waals surface area contributed by atoms with Gasteiger partial charge in [-0.3, -0.25) is 0 Å². The summed E-state index contributed by atoms with van der Waals surface area (Å²) in [5.74, 6) is 1.60. The smallest absolute Gasteiger partial charge is 0.122 e. The van der Waals surface area contributed by atoms with Crippen LogP contribution in [-0.2, 0) is 0 Å². The molecule has 0 saturated carbocycles. The highest BCUT2D eigenvalue weighted by molar-refractivity contribution is 5.35. The maximum absolute atomic E-state index is 5.96. The fourth-order valence-corrected chi connectivity index (χ4v) is 2.89. The molecule has 0 N–H and O–H groups in total. The monoisotopic (exact) mass is 275 g/mol. The lowest BCUT2D eigenvalue weighted by atomic mass is 10.0. The van der Waals surface area contributed by atoms with E-state index in [0.717, 1.165) is 12.4 Å². The highest BCUT2D eigenvalue weighted by atomic mass is 16.5. The van der Waals surface area contributed by atoms with Gasteiger partial charge in [0.1, 0.15) is 5.75 Å². The summed E-state index contributed by atoms with van der Waals surface area (Å²) in [7, 11) is 0. The lowest BCUT2D eigenvalue weighted by Crippen LogP contribution is -2.20. The Balaban J connectivity index is 1.61. The molecule has 1 fully saturated rings. The minimum atomic E-state index is 0.529. The molecule has 0 spiro atoms. The number of ether oxygens (including phenoxy) is 1. The van der Waals surface area contributed by atoms with Gasteiger partial charge in [0.2, 0.25) is 0 Å². The van der Waals surface area contributed by atoms with Crippen LogP contribution in [0, 0.1) is 0 Å². The predicted octanol–water partition coefficient (Wildman–Crippen LogP) is 4.45. The first-order chi connectivity index (χ1) is 9.77. The first-order valence-electron chi connectivity index (χ1n) is 8.21. The molecule has 0 radical (unpaired) electrons. The van der Waals surface area contributed by atoms with Crippen LogP contribution in [-0.4, -0.2) is 31.1 Å². The number of rotatable bonds is 8. The van der Waals surface area contributed by atoms with Crippen molar-refractivity contribution in [3.05, 3.63) is 29.8 Å². The van der Waals surface area contributed by atoms with Crippen molar-refractivity contribution in [1.82, 2.24) is 4.90 Å². The number of unbranched alkanes of at least 4 members (excludes halogenated alkanes) is 2. The third kappa shape index (κ3) is 4.82. The van der Waals surface area contributed by atoms with E-state index in [2.05, 4.69) is 43.0 Å². The van der Waals surface area contributed by atoms with E-state index in [4.69, 9.17) is 4.74 Å². The van der Waals surface area contributed by atoms with Crippen molar-refractivity contribution in [2.75, 3.05) is 26.2 Å². The van der Waals surface area contributed by atoms with Gasteiger partial charge in [0, 0.05) is 0 Å². The minimum Gasteiger partial charge on any atom is -0.493 e. The lowest BCUT2D eigenvalue weighted by molar-refractivity contribution is 0.287. The van der Waals surface area contributed by atoms with Crippen molar-refractivity contribution < 1.29 is 4.74 Å². The molecule has 1 heterocycles. The van der Waals surface area contributed by atoms with Crippen LogP contribution in [0.5, 0.6) is 5.75 Å². The number of hydrogen-bond acceptors (Lipinski definition) is 2. The highest BCUT2D eigenvalue weighted by Crippen LogP contribution is 2.25. The molecule has 0 aromatic heterocycles. The van der Waals surface area contributed by atoms with E-state index in [-0.39, 0.29) is 0 Å². The second kappa shape index (κ2) is 8.31. The van der Waals surface area contributed by atoms with Crippen molar-refractivity contribution in [1.29, 1.82) is 0 Å². The molecule has 0 unspecified atom stereocenters. The molecule has 0 aliphatic carbocycles. The topological polar surface area (TPSA) is 12.5 Å². The van der Waals surface area contributed by atoms with Crippen LogP contribution >= 0.6 is 0 Å². The van der Waals surface area contributed by atoms with Crippen LogP contribution in [0.3, 0.4) is 0 Å². The molecular formula is C18H29NO. The Morgan fingerprint density at radius 3 is 2.55 bits per heavy atom. The summed E-state index contributed by atoms with van der Waals surface area (Å²) in [6.07, 6.45) is 6.56. The zero-order valence-corrected chi connectivity index (χ0v) is 13.1. The van der Waals surface area contributed by atoms with E-state index in [9.17, 15) is 0 Å². The second-order valence-corrected chi connectivity index (χ2v) is 6.15. The average molecular weight is 275 g/mol. The summed E-state index contributed by atoms with van der Waals surface area (Å²) < 4.78 is 5.96. The quantitative estimate of drug-likeness (QED) is 0.650. The second-order valence-electron chi connectivity index (χ2n) is 6.15. The zero-order valence-electron chi connectivity index (χ0n) is 13.1. The van der Waals surface area contributed by atoms with Crippen LogP contribution in [0.15, 0.2) is 24.3 Å². The molecular weight excluding hydrogens is 246 g/mol. The molecule has 2 rings (SSSR count). The van der Waals surface area contributed by atoms with E-state index >= 15 is 0 Å². The summed E-state index contributed by atoms with van der Waals surface area (Å²) in [5, 5.41) is 0. The molecule has 1 aliphatic rings. The standard InChI is InChI=1S/C18H29NO/c1-16(2)17-10-4-5-11-18(17)20-15-9-3-6-12-19-13-7-8-14-19/h4-5,10-11,16H,3,6-9,12-15H2,1-2H3. The van der Waals surface area contributed by atoms with Crippen LogP contribution in [0.4, 0.5) is 0 Å². The van der Waals surface area contributed by atoms with Crippen LogP contribution in [0.2, 0.25) is 0 Å². The molecule has 2 nitrogen and oxygen atoms in total. The van der Waals surface area contributed by atoms with Crippen molar-refractivity contribution >= 4 is 0 Å². The Morgan fingerprint density at radius 1 is 1.05 bits per heavy atom. The Kier molecular flexibility index (Phi) is 6.38. The maximum atomic E-state index is 5.96. The van der Waals surface area contributed by atoms with E-state index in [1.165, 1.54) is 57.3 Å². The van der Waals surface area contributed by atoms with E-state index < -0.39 is 0 Å². The molecule has 0 atom stereocenters. The first-order valence-corrected chi connectivity index (χ1v) is 8.21. The van der Waals surface area contributed by atoms with Crippen molar-refractivity contribution in [2.45, 2.75) is 51.9 Å². The number of benzene rings is 1. The Labute approximate surface area is 124 Å². The molecule has 112 valence electrons. The van der Waals surface area contributed by atoms with Gasteiger partial charge in [-0.2, -0.15) is 0 Å². The third-order valence-electron chi connectivity index (χ3n) is 4.12. The Bertz CT molecular complexity index is 383. The van der Waals surface area contributed by atoms with Gasteiger partial charge in [0.15, 0.2) is 0 Å². The zero-order chi connectivity index (χ0) is 14.2. The minimum absolute atomic E-state index is 0.529. The number of nitrogens with zero attached hydrogens (tertiary/aromatic N) is 1. The SMILES string of the molecule is CC(C)c1ccccc1OCCCCCN1CCCC1. The average Bonchev–Trinajstić information content (AvgIpc) is 2.96. The Morgan fingerprint density at radius 2 is 1.80 bits per heavy atom. The third-order valence-corrected chi connectivity index (χ3v) is 4.12. The van der Waals surface area contributed by atoms with E-state index in [1.807, 2.05) is 0 Å². The number of likely N-dealkylation sites (tertiary alicyclic amines) is 1. The summed E-state index contributed by atoms with van der Waals surface area (Å²) in [5.41, 5.74) is 1.32. The molecule has 1 saturated heterocycles. The van der Waals surface area contributed by atoms with Crippen LogP contribution in [0.1, 0.15) is 57.4 Å². The van der Waals surface area contributed by atoms with Gasteiger partial charge in [0.25, 0.3) is 0 Å². The van der Waals surface area contributed by atoms with Gasteiger partial charge in [-0.25, -0.2) is 0 Å². The first kappa shape index (κ1) is 15.4. The van der Waals surface area contributed by atoms with Crippen molar-refractivity contribution in [3.8, 4) is 5.75 Å². The predicted molar refractivity (Wildman–Crippen MR) is 85.6 cm³/mol. The largest absolute Gasteiger partial charge is 0.493 e. The molecule has 1 aliphatic heterocycles.